The Morgan fingerprint density at radius 1 is 1.40 bits per heavy atom. The van der Waals surface area contributed by atoms with Crippen LogP contribution < -0.4 is 5.32 Å². The summed E-state index contributed by atoms with van der Waals surface area (Å²) in [5, 5.41) is 17.3. The minimum atomic E-state index is -0.235. The molecule has 0 radical (unpaired) electrons. The number of fused-ring (bicyclic) bond motifs is 1. The Morgan fingerprint density at radius 2 is 2.10 bits per heavy atom. The van der Waals surface area contributed by atoms with Gasteiger partial charge in [0.2, 0.25) is 0 Å². The number of para-hydroxylation sites is 1. The van der Waals surface area contributed by atoms with E-state index in [-0.39, 0.29) is 18.6 Å². The van der Waals surface area contributed by atoms with Gasteiger partial charge in [0.25, 0.3) is 5.91 Å². The number of aryl methyl sites for hydroxylation is 1. The van der Waals surface area contributed by atoms with Gasteiger partial charge >= 0.3 is 0 Å². The number of benzene rings is 1. The number of aromatic nitrogens is 2. The van der Waals surface area contributed by atoms with Crippen molar-refractivity contribution in [2.45, 2.75) is 26.3 Å². The molecule has 2 aromatic rings. The Labute approximate surface area is 118 Å². The molecule has 0 fully saturated rings. The van der Waals surface area contributed by atoms with Crippen molar-refractivity contribution in [3.05, 3.63) is 30.0 Å². The predicted molar refractivity (Wildman–Crippen MR) is 78.5 cm³/mol. The first-order valence-corrected chi connectivity index (χ1v) is 6.86. The van der Waals surface area contributed by atoms with Gasteiger partial charge < -0.3 is 10.4 Å². The summed E-state index contributed by atoms with van der Waals surface area (Å²) in [4.78, 5) is 12.3. The van der Waals surface area contributed by atoms with Crippen LogP contribution in [0.3, 0.4) is 0 Å². The molecule has 1 atom stereocenters. The number of carbonyl (C=O) groups is 1. The third-order valence-corrected chi connectivity index (χ3v) is 3.28. The molecule has 1 heterocycles. The minimum Gasteiger partial charge on any atom is -0.394 e. The Bertz CT molecular complexity index is 604. The number of carbonyl (C=O) groups excluding carboxylic acids is 1. The standard InChI is InChI=1S/C15H21N3O2/c1-10(2)8-11(9-19)16-15(20)14-12-6-4-5-7-13(12)18(3)17-14/h4-7,10-11,19H,8-9H2,1-3H3,(H,16,20). The predicted octanol–water partition coefficient (Wildman–Crippen LogP) is 1.71. The third kappa shape index (κ3) is 2.99. The molecule has 0 aliphatic carbocycles. The van der Waals surface area contributed by atoms with E-state index in [0.29, 0.717) is 11.6 Å². The summed E-state index contributed by atoms with van der Waals surface area (Å²) in [5.41, 5.74) is 1.33. The number of hydrogen-bond donors (Lipinski definition) is 2. The van der Waals surface area contributed by atoms with Crippen molar-refractivity contribution >= 4 is 16.8 Å². The smallest absolute Gasteiger partial charge is 0.272 e. The van der Waals surface area contributed by atoms with Crippen LogP contribution in [0.1, 0.15) is 30.8 Å². The van der Waals surface area contributed by atoms with Crippen LogP contribution >= 0.6 is 0 Å². The second kappa shape index (κ2) is 6.05. The number of nitrogens with one attached hydrogen (secondary N) is 1. The lowest BCUT2D eigenvalue weighted by molar-refractivity contribution is 0.0904. The maximum absolute atomic E-state index is 12.3. The Hall–Kier alpha value is -1.88. The lowest BCUT2D eigenvalue weighted by Gasteiger charge is -2.17. The lowest BCUT2D eigenvalue weighted by atomic mass is 10.0. The Balaban J connectivity index is 2.23. The largest absolute Gasteiger partial charge is 0.394 e. The average Bonchev–Trinajstić information content (AvgIpc) is 2.75. The van der Waals surface area contributed by atoms with Crippen molar-refractivity contribution in [3.63, 3.8) is 0 Å². The molecule has 0 aliphatic heterocycles. The van der Waals surface area contributed by atoms with Crippen molar-refractivity contribution in [1.29, 1.82) is 0 Å². The van der Waals surface area contributed by atoms with E-state index < -0.39 is 0 Å². The van der Waals surface area contributed by atoms with Crippen LogP contribution in [0.15, 0.2) is 24.3 Å². The summed E-state index contributed by atoms with van der Waals surface area (Å²) in [6.07, 6.45) is 0.743. The van der Waals surface area contributed by atoms with Gasteiger partial charge in [0.1, 0.15) is 0 Å². The summed E-state index contributed by atoms with van der Waals surface area (Å²) in [6.45, 7) is 4.06. The van der Waals surface area contributed by atoms with Gasteiger partial charge in [-0.1, -0.05) is 32.0 Å². The number of aliphatic hydroxyl groups is 1. The second-order valence-corrected chi connectivity index (χ2v) is 5.47. The quantitative estimate of drug-likeness (QED) is 0.873. The number of amides is 1. The summed E-state index contributed by atoms with van der Waals surface area (Å²) < 4.78 is 1.70. The molecule has 0 saturated heterocycles. The SMILES string of the molecule is CC(C)CC(CO)NC(=O)c1nn(C)c2ccccc12. The van der Waals surface area contributed by atoms with E-state index in [2.05, 4.69) is 24.3 Å². The second-order valence-electron chi connectivity index (χ2n) is 5.47. The molecule has 5 nitrogen and oxygen atoms in total. The lowest BCUT2D eigenvalue weighted by Crippen LogP contribution is -2.38. The van der Waals surface area contributed by atoms with Crippen LogP contribution in [0.5, 0.6) is 0 Å². The van der Waals surface area contributed by atoms with Crippen LogP contribution in [-0.4, -0.2) is 33.4 Å². The van der Waals surface area contributed by atoms with Crippen molar-refractivity contribution in [2.24, 2.45) is 13.0 Å². The first-order chi connectivity index (χ1) is 9.52. The average molecular weight is 275 g/mol. The minimum absolute atomic E-state index is 0.0608. The summed E-state index contributed by atoms with van der Waals surface area (Å²) in [5.74, 6) is 0.175. The highest BCUT2D eigenvalue weighted by molar-refractivity contribution is 6.04. The fraction of sp³-hybridized carbons (Fsp3) is 0.467. The van der Waals surface area contributed by atoms with Crippen LogP contribution in [0, 0.1) is 5.92 Å². The maximum Gasteiger partial charge on any atom is 0.272 e. The van der Waals surface area contributed by atoms with E-state index in [0.717, 1.165) is 17.3 Å². The number of nitrogens with zero attached hydrogens (tertiary/aromatic N) is 2. The van der Waals surface area contributed by atoms with E-state index in [1.807, 2.05) is 31.3 Å². The summed E-state index contributed by atoms with van der Waals surface area (Å²) >= 11 is 0. The molecule has 0 saturated carbocycles. The van der Waals surface area contributed by atoms with Gasteiger partial charge in [-0.3, -0.25) is 9.48 Å². The molecule has 1 unspecified atom stereocenters. The first-order valence-electron chi connectivity index (χ1n) is 6.86. The monoisotopic (exact) mass is 275 g/mol. The number of rotatable bonds is 5. The van der Waals surface area contributed by atoms with E-state index in [9.17, 15) is 9.90 Å². The van der Waals surface area contributed by atoms with Gasteiger partial charge in [-0.2, -0.15) is 5.10 Å². The van der Waals surface area contributed by atoms with Gasteiger partial charge in [0.05, 0.1) is 18.2 Å². The van der Waals surface area contributed by atoms with Crippen molar-refractivity contribution in [1.82, 2.24) is 15.1 Å². The fourth-order valence-corrected chi connectivity index (χ4v) is 2.38. The van der Waals surface area contributed by atoms with Crippen molar-refractivity contribution < 1.29 is 9.90 Å². The highest BCUT2D eigenvalue weighted by Crippen LogP contribution is 2.17. The molecule has 2 rings (SSSR count). The highest BCUT2D eigenvalue weighted by atomic mass is 16.3. The van der Waals surface area contributed by atoms with Crippen LogP contribution in [0.4, 0.5) is 0 Å². The molecule has 2 N–H and O–H groups in total. The molecule has 108 valence electrons. The number of hydrogen-bond acceptors (Lipinski definition) is 3. The van der Waals surface area contributed by atoms with Crippen LogP contribution in [0.2, 0.25) is 0 Å². The van der Waals surface area contributed by atoms with E-state index >= 15 is 0 Å². The van der Waals surface area contributed by atoms with Gasteiger partial charge in [-0.05, 0) is 18.4 Å². The topological polar surface area (TPSA) is 67.2 Å². The molecule has 1 aromatic heterocycles. The van der Waals surface area contributed by atoms with Gasteiger partial charge in [0, 0.05) is 12.4 Å². The van der Waals surface area contributed by atoms with Gasteiger partial charge in [-0.15, -0.1) is 0 Å². The Morgan fingerprint density at radius 3 is 2.75 bits per heavy atom. The van der Waals surface area contributed by atoms with Crippen LogP contribution in [-0.2, 0) is 7.05 Å². The summed E-state index contributed by atoms with van der Waals surface area (Å²) in [6, 6.07) is 7.38. The van der Waals surface area contributed by atoms with Crippen molar-refractivity contribution in [3.8, 4) is 0 Å². The molecule has 1 amide bonds. The molecule has 0 spiro atoms. The zero-order valence-electron chi connectivity index (χ0n) is 12.1. The molecular formula is C15H21N3O2. The van der Waals surface area contributed by atoms with E-state index in [1.165, 1.54) is 0 Å². The molecule has 0 aliphatic rings. The van der Waals surface area contributed by atoms with E-state index in [1.54, 1.807) is 4.68 Å². The van der Waals surface area contributed by atoms with Crippen molar-refractivity contribution in [2.75, 3.05) is 6.61 Å². The normalized spacial score (nSPS) is 12.8. The Kier molecular flexibility index (Phi) is 4.39. The highest BCUT2D eigenvalue weighted by Gasteiger charge is 2.19. The third-order valence-electron chi connectivity index (χ3n) is 3.28. The molecule has 20 heavy (non-hydrogen) atoms. The molecule has 5 heteroatoms. The molecular weight excluding hydrogens is 254 g/mol. The number of aliphatic hydroxyl groups excluding tert-OH is 1. The fourth-order valence-electron chi connectivity index (χ4n) is 2.38. The van der Waals surface area contributed by atoms with Gasteiger partial charge in [-0.25, -0.2) is 0 Å². The first kappa shape index (κ1) is 14.5. The summed E-state index contributed by atoms with van der Waals surface area (Å²) in [7, 11) is 1.82. The van der Waals surface area contributed by atoms with Gasteiger partial charge in [0.15, 0.2) is 5.69 Å². The molecule has 1 aromatic carbocycles. The zero-order chi connectivity index (χ0) is 14.7. The van der Waals surface area contributed by atoms with Crippen LogP contribution in [0.25, 0.3) is 10.9 Å². The molecule has 0 bridgehead atoms. The maximum atomic E-state index is 12.3. The van der Waals surface area contributed by atoms with E-state index in [4.69, 9.17) is 0 Å². The zero-order valence-corrected chi connectivity index (χ0v) is 12.1.